The van der Waals surface area contributed by atoms with Crippen LogP contribution in [0.4, 0.5) is 17.6 Å². The monoisotopic (exact) mass is 240 g/mol. The zero-order chi connectivity index (χ0) is 11.6. The number of halogens is 5. The van der Waals surface area contributed by atoms with Crippen LogP contribution in [0.5, 0.6) is 0 Å². The normalized spacial score (nSPS) is 11.9. The van der Waals surface area contributed by atoms with Crippen molar-refractivity contribution in [1.29, 1.82) is 0 Å². The molecule has 0 saturated heterocycles. The summed E-state index contributed by atoms with van der Waals surface area (Å²) in [6, 6.07) is 1.77. The van der Waals surface area contributed by atoms with E-state index in [9.17, 15) is 17.6 Å². The third-order valence-electron chi connectivity index (χ3n) is 1.92. The third kappa shape index (κ3) is 2.84. The Hall–Kier alpha value is -0.770. The van der Waals surface area contributed by atoms with Crippen LogP contribution in [0.15, 0.2) is 12.1 Å². The first-order valence-corrected chi connectivity index (χ1v) is 4.79. The molecular formula is C10H9ClF4. The molecule has 84 valence electrons. The van der Waals surface area contributed by atoms with Gasteiger partial charge in [0.1, 0.15) is 17.2 Å². The fourth-order valence-electron chi connectivity index (χ4n) is 1.33. The molecule has 0 radical (unpaired) electrons. The Morgan fingerprint density at radius 3 is 2.00 bits per heavy atom. The van der Waals surface area contributed by atoms with Gasteiger partial charge in [0.2, 0.25) is 0 Å². The van der Waals surface area contributed by atoms with E-state index < -0.39 is 22.6 Å². The van der Waals surface area contributed by atoms with E-state index in [1.54, 1.807) is 0 Å². The molecule has 0 N–H and O–H groups in total. The van der Waals surface area contributed by atoms with Crippen molar-refractivity contribution in [2.75, 3.05) is 0 Å². The zero-order valence-corrected chi connectivity index (χ0v) is 8.71. The minimum Gasteiger partial charge on any atom is -0.206 e. The lowest BCUT2D eigenvalue weighted by Gasteiger charge is -2.11. The molecule has 0 atom stereocenters. The first-order valence-electron chi connectivity index (χ1n) is 4.41. The van der Waals surface area contributed by atoms with Gasteiger partial charge in [0.25, 0.3) is 0 Å². The van der Waals surface area contributed by atoms with Gasteiger partial charge < -0.3 is 0 Å². The average molecular weight is 241 g/mol. The SMILES string of the molecule is CCCc1cc(F)c(C(F)(F)Cl)c(F)c1. The lowest BCUT2D eigenvalue weighted by atomic mass is 10.1. The number of hydrogen-bond acceptors (Lipinski definition) is 0. The van der Waals surface area contributed by atoms with Gasteiger partial charge in [-0.3, -0.25) is 0 Å². The summed E-state index contributed by atoms with van der Waals surface area (Å²) >= 11 is 4.59. The zero-order valence-electron chi connectivity index (χ0n) is 7.96. The predicted molar refractivity (Wildman–Crippen MR) is 50.1 cm³/mol. The molecule has 0 bridgehead atoms. The third-order valence-corrected chi connectivity index (χ3v) is 2.11. The molecule has 0 heterocycles. The van der Waals surface area contributed by atoms with Crippen LogP contribution in [0, 0.1) is 11.6 Å². The second-order valence-electron chi connectivity index (χ2n) is 3.18. The smallest absolute Gasteiger partial charge is 0.206 e. The molecule has 0 aliphatic rings. The van der Waals surface area contributed by atoms with Gasteiger partial charge in [0.05, 0.1) is 0 Å². The van der Waals surface area contributed by atoms with Gasteiger partial charge >= 0.3 is 5.38 Å². The van der Waals surface area contributed by atoms with E-state index in [0.29, 0.717) is 18.4 Å². The Kier molecular flexibility index (Phi) is 3.60. The van der Waals surface area contributed by atoms with E-state index in [2.05, 4.69) is 11.6 Å². The highest BCUT2D eigenvalue weighted by atomic mass is 35.5. The Balaban J connectivity index is 3.22. The molecule has 0 aliphatic heterocycles. The summed E-state index contributed by atoms with van der Waals surface area (Å²) in [5.41, 5.74) is -1.04. The maximum atomic E-state index is 13.1. The van der Waals surface area contributed by atoms with E-state index in [1.165, 1.54) is 0 Å². The van der Waals surface area contributed by atoms with E-state index in [0.717, 1.165) is 12.1 Å². The van der Waals surface area contributed by atoms with Crippen molar-refractivity contribution >= 4 is 11.6 Å². The van der Waals surface area contributed by atoms with Crippen LogP contribution in [0.1, 0.15) is 24.5 Å². The number of rotatable bonds is 3. The van der Waals surface area contributed by atoms with Gasteiger partial charge in [-0.05, 0) is 35.7 Å². The lowest BCUT2D eigenvalue weighted by molar-refractivity contribution is 0.0858. The average Bonchev–Trinajstić information content (AvgIpc) is 1.99. The molecule has 0 aliphatic carbocycles. The van der Waals surface area contributed by atoms with Gasteiger partial charge in [-0.1, -0.05) is 13.3 Å². The van der Waals surface area contributed by atoms with Crippen LogP contribution < -0.4 is 0 Å². The van der Waals surface area contributed by atoms with Crippen LogP contribution in [-0.4, -0.2) is 0 Å². The van der Waals surface area contributed by atoms with Gasteiger partial charge in [0, 0.05) is 0 Å². The molecule has 0 aromatic heterocycles. The van der Waals surface area contributed by atoms with Crippen LogP contribution >= 0.6 is 11.6 Å². The van der Waals surface area contributed by atoms with Crippen LogP contribution in [0.3, 0.4) is 0 Å². The van der Waals surface area contributed by atoms with Gasteiger partial charge in [-0.15, -0.1) is 0 Å². The fraction of sp³-hybridized carbons (Fsp3) is 0.400. The highest BCUT2D eigenvalue weighted by Crippen LogP contribution is 2.36. The number of aryl methyl sites for hydroxylation is 1. The summed E-state index contributed by atoms with van der Waals surface area (Å²) in [5.74, 6) is -2.61. The molecule has 0 nitrogen and oxygen atoms in total. The summed E-state index contributed by atoms with van der Waals surface area (Å²) in [6.45, 7) is 1.82. The molecule has 0 amide bonds. The van der Waals surface area contributed by atoms with Gasteiger partial charge in [-0.25, -0.2) is 8.78 Å². The van der Waals surface area contributed by atoms with E-state index in [4.69, 9.17) is 0 Å². The Morgan fingerprint density at radius 1 is 1.20 bits per heavy atom. The van der Waals surface area contributed by atoms with Crippen molar-refractivity contribution in [3.8, 4) is 0 Å². The van der Waals surface area contributed by atoms with Crippen LogP contribution in [-0.2, 0) is 11.8 Å². The molecule has 0 saturated carbocycles. The van der Waals surface area contributed by atoms with Crippen LogP contribution in [0.25, 0.3) is 0 Å². The van der Waals surface area contributed by atoms with Crippen molar-refractivity contribution < 1.29 is 17.6 Å². The standard InChI is InChI=1S/C10H9ClF4/c1-2-3-6-4-7(12)9(8(13)5-6)10(11,14)15/h4-5H,2-3H2,1H3. The largest absolute Gasteiger partial charge is 0.353 e. The maximum Gasteiger partial charge on any atom is 0.353 e. The van der Waals surface area contributed by atoms with E-state index >= 15 is 0 Å². The van der Waals surface area contributed by atoms with Gasteiger partial charge in [-0.2, -0.15) is 8.78 Å². The van der Waals surface area contributed by atoms with E-state index in [1.807, 2.05) is 6.92 Å². The summed E-state index contributed by atoms with van der Waals surface area (Å²) in [6.07, 6.45) is 1.11. The molecule has 1 rings (SSSR count). The fourth-order valence-corrected chi connectivity index (χ4v) is 1.51. The molecule has 15 heavy (non-hydrogen) atoms. The minimum absolute atomic E-state index is 0.345. The first kappa shape index (κ1) is 12.3. The summed E-state index contributed by atoms with van der Waals surface area (Å²) in [5, 5.41) is -4.01. The van der Waals surface area contributed by atoms with Crippen molar-refractivity contribution in [3.63, 3.8) is 0 Å². The molecule has 1 aromatic carbocycles. The second-order valence-corrected chi connectivity index (χ2v) is 3.66. The summed E-state index contributed by atoms with van der Waals surface area (Å²) in [7, 11) is 0. The first-order chi connectivity index (χ1) is 6.86. The van der Waals surface area contributed by atoms with Crippen molar-refractivity contribution in [3.05, 3.63) is 34.9 Å². The molecule has 5 heteroatoms. The van der Waals surface area contributed by atoms with E-state index in [-0.39, 0.29) is 0 Å². The molecule has 0 spiro atoms. The Labute approximate surface area is 89.9 Å². The molecular weight excluding hydrogens is 232 g/mol. The Morgan fingerprint density at radius 2 is 1.67 bits per heavy atom. The number of alkyl halides is 3. The topological polar surface area (TPSA) is 0 Å². The maximum absolute atomic E-state index is 13.1. The Bertz CT molecular complexity index is 334. The molecule has 1 aromatic rings. The summed E-state index contributed by atoms with van der Waals surface area (Å²) in [4.78, 5) is 0. The quantitative estimate of drug-likeness (QED) is 0.549. The van der Waals surface area contributed by atoms with Crippen molar-refractivity contribution in [1.82, 2.24) is 0 Å². The second kappa shape index (κ2) is 4.39. The lowest BCUT2D eigenvalue weighted by Crippen LogP contribution is -2.10. The highest BCUT2D eigenvalue weighted by molar-refractivity contribution is 6.21. The molecule has 0 unspecified atom stereocenters. The van der Waals surface area contributed by atoms with Crippen molar-refractivity contribution in [2.45, 2.75) is 25.1 Å². The number of hydrogen-bond donors (Lipinski definition) is 0. The highest BCUT2D eigenvalue weighted by Gasteiger charge is 2.35. The minimum atomic E-state index is -4.01. The predicted octanol–water partition coefficient (Wildman–Crippen LogP) is 4.21. The van der Waals surface area contributed by atoms with Gasteiger partial charge in [0.15, 0.2) is 0 Å². The van der Waals surface area contributed by atoms with Crippen LogP contribution in [0.2, 0.25) is 0 Å². The summed E-state index contributed by atoms with van der Waals surface area (Å²) < 4.78 is 51.4. The number of benzene rings is 1. The molecule has 0 fully saturated rings. The van der Waals surface area contributed by atoms with Crippen molar-refractivity contribution in [2.24, 2.45) is 0 Å².